The number of carboxylic acid groups (broad SMARTS) is 4. The van der Waals surface area contributed by atoms with Crippen LogP contribution >= 0.6 is 0 Å². The third-order valence-electron chi connectivity index (χ3n) is 2.10. The highest BCUT2D eigenvalue weighted by molar-refractivity contribution is 5.67. The van der Waals surface area contributed by atoms with Gasteiger partial charge in [0.1, 0.15) is 0 Å². The summed E-state index contributed by atoms with van der Waals surface area (Å²) in [4.78, 5) is 38.1. The molecule has 0 aliphatic rings. The zero-order valence-corrected chi connectivity index (χ0v) is 15.4. The third-order valence-corrected chi connectivity index (χ3v) is 2.10. The lowest BCUT2D eigenvalue weighted by Gasteiger charge is -1.96. The van der Waals surface area contributed by atoms with Gasteiger partial charge in [-0.3, -0.25) is 19.2 Å². The van der Waals surface area contributed by atoms with Crippen molar-refractivity contribution in [3.05, 3.63) is 0 Å². The maximum Gasteiger partial charge on any atom is 0.303 e. The minimum Gasteiger partial charge on any atom is -0.481 e. The normalized spacial score (nSPS) is 8.46. The molecule has 10 nitrogen and oxygen atoms in total. The van der Waals surface area contributed by atoms with Gasteiger partial charge in [0.05, 0.1) is 0 Å². The second kappa shape index (κ2) is 27.6. The van der Waals surface area contributed by atoms with Crippen LogP contribution in [0.5, 0.6) is 0 Å². The molecule has 10 heteroatoms. The van der Waals surface area contributed by atoms with Crippen LogP contribution in [-0.2, 0) is 19.2 Å². The average molecular weight is 384 g/mol. The van der Waals surface area contributed by atoms with Crippen molar-refractivity contribution in [1.82, 2.24) is 0 Å². The van der Waals surface area contributed by atoms with E-state index in [0.29, 0.717) is 12.8 Å². The molecular formula is C16H32O10. The lowest BCUT2D eigenvalue weighted by Crippen LogP contribution is -1.95. The molecule has 0 aliphatic heterocycles. The first-order chi connectivity index (χ1) is 12.0. The summed E-state index contributed by atoms with van der Waals surface area (Å²) in [6, 6.07) is 0. The van der Waals surface area contributed by atoms with E-state index in [1.807, 2.05) is 0 Å². The molecule has 0 saturated carbocycles. The van der Waals surface area contributed by atoms with Crippen LogP contribution < -0.4 is 0 Å². The van der Waals surface area contributed by atoms with Gasteiger partial charge in [0.25, 0.3) is 11.9 Å². The van der Waals surface area contributed by atoms with Crippen molar-refractivity contribution >= 4 is 23.9 Å². The molecule has 0 unspecified atom stereocenters. The molecule has 26 heavy (non-hydrogen) atoms. The van der Waals surface area contributed by atoms with Crippen molar-refractivity contribution in [1.29, 1.82) is 0 Å². The zero-order chi connectivity index (χ0) is 21.4. The molecule has 0 spiro atoms. The van der Waals surface area contributed by atoms with E-state index < -0.39 is 23.9 Å². The Hall–Kier alpha value is -2.20. The van der Waals surface area contributed by atoms with E-state index >= 15 is 0 Å². The van der Waals surface area contributed by atoms with Crippen LogP contribution in [-0.4, -0.2) is 67.7 Å². The first-order valence-corrected chi connectivity index (χ1v) is 8.05. The molecule has 0 aromatic carbocycles. The van der Waals surface area contributed by atoms with Crippen molar-refractivity contribution in [2.75, 3.05) is 13.2 Å². The second-order valence-corrected chi connectivity index (χ2v) is 4.89. The zero-order valence-electron chi connectivity index (χ0n) is 15.4. The number of carboxylic acids is 4. The molecule has 0 radical (unpaired) electrons. The number of hydrogen-bond donors (Lipinski definition) is 6. The summed E-state index contributed by atoms with van der Waals surface area (Å²) in [7, 11) is 0. The summed E-state index contributed by atoms with van der Waals surface area (Å²) >= 11 is 0. The highest BCUT2D eigenvalue weighted by atomic mass is 16.4. The third kappa shape index (κ3) is 98.2. The van der Waals surface area contributed by atoms with Gasteiger partial charge >= 0.3 is 11.9 Å². The summed E-state index contributed by atoms with van der Waals surface area (Å²) in [6.07, 6.45) is 4.72. The monoisotopic (exact) mass is 384 g/mol. The Morgan fingerprint density at radius 1 is 0.538 bits per heavy atom. The van der Waals surface area contributed by atoms with E-state index in [1.165, 1.54) is 0 Å². The van der Waals surface area contributed by atoms with Gasteiger partial charge < -0.3 is 30.6 Å². The summed E-state index contributed by atoms with van der Waals surface area (Å²) in [6.45, 7) is 2.56. The minimum absolute atomic E-state index is 0.188. The molecule has 0 aromatic rings. The summed E-state index contributed by atoms with van der Waals surface area (Å²) < 4.78 is 0. The highest BCUT2D eigenvalue weighted by Crippen LogP contribution is 2.04. The van der Waals surface area contributed by atoms with Crippen molar-refractivity contribution in [3.8, 4) is 0 Å². The Balaban J connectivity index is -0.000000144. The van der Waals surface area contributed by atoms with Crippen LogP contribution in [0.1, 0.15) is 65.2 Å². The SMILES string of the molecule is CC(=O)O.CC(=O)O.O=C(O)CCCCCCC(=O)O.OCCCCO. The van der Waals surface area contributed by atoms with Gasteiger partial charge in [0, 0.05) is 39.9 Å². The predicted molar refractivity (Wildman–Crippen MR) is 93.0 cm³/mol. The van der Waals surface area contributed by atoms with E-state index in [1.54, 1.807) is 0 Å². The summed E-state index contributed by atoms with van der Waals surface area (Å²) in [5, 5.41) is 47.5. The van der Waals surface area contributed by atoms with Crippen LogP contribution in [0.2, 0.25) is 0 Å². The fraction of sp³-hybridized carbons (Fsp3) is 0.750. The molecule has 0 atom stereocenters. The molecule has 0 aromatic heterocycles. The molecule has 0 fully saturated rings. The van der Waals surface area contributed by atoms with E-state index in [0.717, 1.165) is 39.5 Å². The van der Waals surface area contributed by atoms with Gasteiger partial charge in [0.15, 0.2) is 0 Å². The van der Waals surface area contributed by atoms with Crippen molar-refractivity contribution < 1.29 is 49.8 Å². The van der Waals surface area contributed by atoms with Crippen LogP contribution in [0.15, 0.2) is 0 Å². The number of carbonyl (C=O) groups is 4. The van der Waals surface area contributed by atoms with Crippen LogP contribution in [0, 0.1) is 0 Å². The van der Waals surface area contributed by atoms with Crippen LogP contribution in [0.25, 0.3) is 0 Å². The van der Waals surface area contributed by atoms with Crippen molar-refractivity contribution in [2.45, 2.75) is 65.2 Å². The van der Waals surface area contributed by atoms with Crippen LogP contribution in [0.3, 0.4) is 0 Å². The molecular weight excluding hydrogens is 352 g/mol. The first-order valence-electron chi connectivity index (χ1n) is 8.05. The average Bonchev–Trinajstić information content (AvgIpc) is 2.47. The van der Waals surface area contributed by atoms with Gasteiger partial charge in [0.2, 0.25) is 0 Å². The quantitative estimate of drug-likeness (QED) is 0.300. The van der Waals surface area contributed by atoms with E-state index in [-0.39, 0.29) is 26.1 Å². The van der Waals surface area contributed by atoms with Gasteiger partial charge in [-0.2, -0.15) is 0 Å². The van der Waals surface area contributed by atoms with Crippen molar-refractivity contribution in [3.63, 3.8) is 0 Å². The lowest BCUT2D eigenvalue weighted by atomic mass is 10.1. The largest absolute Gasteiger partial charge is 0.481 e. The Labute approximate surface area is 153 Å². The predicted octanol–water partition coefficient (Wildman–Crippen LogP) is 1.43. The number of aliphatic carboxylic acids is 4. The van der Waals surface area contributed by atoms with E-state index in [4.69, 9.17) is 40.2 Å². The Bertz CT molecular complexity index is 313. The van der Waals surface area contributed by atoms with Gasteiger partial charge in [-0.05, 0) is 25.7 Å². The van der Waals surface area contributed by atoms with Crippen LogP contribution in [0.4, 0.5) is 0 Å². The highest BCUT2D eigenvalue weighted by Gasteiger charge is 1.98. The Morgan fingerprint density at radius 2 is 0.769 bits per heavy atom. The number of aliphatic hydroxyl groups excluding tert-OH is 2. The standard InChI is InChI=1S/C8H14O4.C4H10O2.2C2H4O2/c9-7(10)5-3-1-2-4-6-8(11)12;5-3-1-2-4-6;2*1-2(3)4/h1-6H2,(H,9,10)(H,11,12);5-6H,1-4H2;2*1H3,(H,3,4). The molecule has 0 heterocycles. The maximum atomic E-state index is 10.0. The molecule has 0 amide bonds. The van der Waals surface area contributed by atoms with E-state index in [2.05, 4.69) is 0 Å². The Kier molecular flexibility index (Phi) is 33.5. The summed E-state index contributed by atoms with van der Waals surface area (Å²) in [5.41, 5.74) is 0. The molecule has 0 saturated heterocycles. The number of hydrogen-bond acceptors (Lipinski definition) is 6. The molecule has 0 aliphatic carbocycles. The molecule has 156 valence electrons. The Morgan fingerprint density at radius 3 is 0.923 bits per heavy atom. The number of unbranched alkanes of at least 4 members (excludes halogenated alkanes) is 4. The molecule has 0 bridgehead atoms. The number of aliphatic hydroxyl groups is 2. The fourth-order valence-electron chi connectivity index (χ4n) is 1.13. The van der Waals surface area contributed by atoms with Crippen molar-refractivity contribution in [2.24, 2.45) is 0 Å². The lowest BCUT2D eigenvalue weighted by molar-refractivity contribution is -0.138. The fourth-order valence-corrected chi connectivity index (χ4v) is 1.13. The number of rotatable bonds is 10. The van der Waals surface area contributed by atoms with E-state index in [9.17, 15) is 9.59 Å². The van der Waals surface area contributed by atoms with Gasteiger partial charge in [-0.25, -0.2) is 0 Å². The second-order valence-electron chi connectivity index (χ2n) is 4.89. The molecule has 0 rings (SSSR count). The first kappa shape index (κ1) is 31.6. The molecule has 6 N–H and O–H groups in total. The topological polar surface area (TPSA) is 190 Å². The maximum absolute atomic E-state index is 10.0. The van der Waals surface area contributed by atoms with Gasteiger partial charge in [-0.1, -0.05) is 12.8 Å². The minimum atomic E-state index is -0.833. The summed E-state index contributed by atoms with van der Waals surface area (Å²) in [5.74, 6) is -3.23. The van der Waals surface area contributed by atoms with Gasteiger partial charge in [-0.15, -0.1) is 0 Å². The smallest absolute Gasteiger partial charge is 0.303 e.